The zero-order valence-corrected chi connectivity index (χ0v) is 15.2. The number of piperidine rings is 1. The third kappa shape index (κ3) is 3.62. The molecule has 2 N–H and O–H groups in total. The fraction of sp³-hybridized carbons (Fsp3) is 0.333. The Bertz CT molecular complexity index is 740. The number of benzene rings is 1. The highest BCUT2D eigenvalue weighted by Gasteiger charge is 2.27. The van der Waals surface area contributed by atoms with Gasteiger partial charge in [-0.25, -0.2) is 4.79 Å². The highest BCUT2D eigenvalue weighted by Crippen LogP contribution is 2.34. The number of fused-ring (bicyclic) bond motifs is 1. The van der Waals surface area contributed by atoms with Crippen molar-refractivity contribution in [2.24, 2.45) is 5.73 Å². The topological polar surface area (TPSA) is 72.6 Å². The number of ether oxygens (including phenoxy) is 1. The Hall–Kier alpha value is -1.31. The lowest BCUT2D eigenvalue weighted by atomic mass is 10.1. The van der Waals surface area contributed by atoms with E-state index >= 15 is 0 Å². The third-order valence-electron chi connectivity index (χ3n) is 3.72. The van der Waals surface area contributed by atoms with Gasteiger partial charge >= 0.3 is 6.09 Å². The first-order valence-corrected chi connectivity index (χ1v) is 9.07. The summed E-state index contributed by atoms with van der Waals surface area (Å²) >= 11 is 10.9. The molecule has 122 valence electrons. The van der Waals surface area contributed by atoms with Crippen LogP contribution in [0.25, 0.3) is 10.1 Å². The van der Waals surface area contributed by atoms with Crippen molar-refractivity contribution in [3.8, 4) is 0 Å². The second-order valence-electron chi connectivity index (χ2n) is 5.37. The zero-order chi connectivity index (χ0) is 16.6. The molecule has 2 aromatic rings. The van der Waals surface area contributed by atoms with E-state index in [-0.39, 0.29) is 12.0 Å². The first kappa shape index (κ1) is 16.5. The van der Waals surface area contributed by atoms with Crippen molar-refractivity contribution in [2.45, 2.75) is 18.9 Å². The molecule has 0 saturated carbocycles. The minimum atomic E-state index is -0.800. The van der Waals surface area contributed by atoms with Crippen LogP contribution in [0.15, 0.2) is 22.7 Å². The van der Waals surface area contributed by atoms with Gasteiger partial charge in [0.2, 0.25) is 0 Å². The lowest BCUT2D eigenvalue weighted by Gasteiger charge is -2.31. The number of likely N-dealkylation sites (tertiary alicyclic amines) is 1. The summed E-state index contributed by atoms with van der Waals surface area (Å²) < 4.78 is 6.82. The summed E-state index contributed by atoms with van der Waals surface area (Å²) in [5.41, 5.74) is 5.06. The van der Waals surface area contributed by atoms with Crippen molar-refractivity contribution < 1.29 is 14.3 Å². The molecule has 8 heteroatoms. The zero-order valence-electron chi connectivity index (χ0n) is 12.1. The van der Waals surface area contributed by atoms with Gasteiger partial charge in [-0.15, -0.1) is 11.3 Å². The average molecular weight is 418 g/mol. The lowest BCUT2D eigenvalue weighted by Crippen LogP contribution is -2.44. The summed E-state index contributed by atoms with van der Waals surface area (Å²) in [5, 5.41) is 1.55. The van der Waals surface area contributed by atoms with E-state index in [4.69, 9.17) is 22.1 Å². The molecule has 1 saturated heterocycles. The number of halogens is 2. The van der Waals surface area contributed by atoms with E-state index in [0.29, 0.717) is 23.0 Å². The summed E-state index contributed by atoms with van der Waals surface area (Å²) in [6, 6.07) is 5.59. The molecule has 2 amide bonds. The van der Waals surface area contributed by atoms with Crippen LogP contribution in [0.1, 0.15) is 22.5 Å². The molecule has 0 unspecified atom stereocenters. The normalized spacial score (nSPS) is 18.2. The highest BCUT2D eigenvalue weighted by atomic mass is 79.9. The van der Waals surface area contributed by atoms with Crippen LogP contribution in [0.2, 0.25) is 5.02 Å². The van der Waals surface area contributed by atoms with Gasteiger partial charge < -0.3 is 15.4 Å². The molecule has 0 radical (unpaired) electrons. The molecule has 0 bridgehead atoms. The van der Waals surface area contributed by atoms with Crippen molar-refractivity contribution in [2.75, 3.05) is 13.1 Å². The van der Waals surface area contributed by atoms with Crippen LogP contribution in [0, 0.1) is 0 Å². The molecule has 1 fully saturated rings. The number of primary amides is 1. The number of carbonyl (C=O) groups excluding carboxylic acids is 2. The number of carbonyl (C=O) groups is 2. The molecule has 1 aromatic carbocycles. The van der Waals surface area contributed by atoms with Gasteiger partial charge in [0.15, 0.2) is 0 Å². The van der Waals surface area contributed by atoms with Crippen LogP contribution in [0.5, 0.6) is 0 Å². The molecule has 3 rings (SSSR count). The Morgan fingerprint density at radius 1 is 1.39 bits per heavy atom. The maximum Gasteiger partial charge on any atom is 0.404 e. The second-order valence-corrected chi connectivity index (χ2v) is 7.71. The van der Waals surface area contributed by atoms with E-state index in [1.165, 1.54) is 11.3 Å². The minimum absolute atomic E-state index is 0.0591. The molecule has 5 nitrogen and oxygen atoms in total. The first-order valence-electron chi connectivity index (χ1n) is 7.08. The van der Waals surface area contributed by atoms with Gasteiger partial charge in [0.25, 0.3) is 5.91 Å². The maximum absolute atomic E-state index is 12.7. The van der Waals surface area contributed by atoms with Crippen molar-refractivity contribution in [1.29, 1.82) is 0 Å². The van der Waals surface area contributed by atoms with E-state index in [1.807, 2.05) is 18.2 Å². The molecule has 1 aliphatic heterocycles. The summed E-state index contributed by atoms with van der Waals surface area (Å²) in [5.74, 6) is -0.0591. The monoisotopic (exact) mass is 416 g/mol. The quantitative estimate of drug-likeness (QED) is 0.802. The summed E-state index contributed by atoms with van der Waals surface area (Å²) in [6.07, 6.45) is 0.377. The van der Waals surface area contributed by atoms with Crippen LogP contribution < -0.4 is 5.73 Å². The number of nitrogens with two attached hydrogens (primary N) is 1. The molecule has 0 spiro atoms. The van der Waals surface area contributed by atoms with Crippen LogP contribution in [-0.2, 0) is 4.74 Å². The standard InChI is InChI=1S/C15H14BrClN2O3S/c16-10-6-12-8(4-11(10)17)5-13(23-12)14(20)19-3-1-2-9(7-19)22-15(18)21/h4-6,9H,1-3,7H2,(H2,18,21)/t9-/m1/s1. The fourth-order valence-corrected chi connectivity index (χ4v) is 4.40. The molecule has 1 aromatic heterocycles. The van der Waals surface area contributed by atoms with Gasteiger partial charge in [-0.2, -0.15) is 0 Å². The van der Waals surface area contributed by atoms with E-state index < -0.39 is 6.09 Å². The van der Waals surface area contributed by atoms with Crippen molar-refractivity contribution in [1.82, 2.24) is 4.90 Å². The summed E-state index contributed by atoms with van der Waals surface area (Å²) in [6.45, 7) is 1.02. The Morgan fingerprint density at radius 3 is 2.91 bits per heavy atom. The number of hydrogen-bond donors (Lipinski definition) is 1. The van der Waals surface area contributed by atoms with Gasteiger partial charge in [-0.05, 0) is 52.4 Å². The van der Waals surface area contributed by atoms with Crippen LogP contribution in [0.3, 0.4) is 0 Å². The largest absolute Gasteiger partial charge is 0.445 e. The smallest absolute Gasteiger partial charge is 0.404 e. The third-order valence-corrected chi connectivity index (χ3v) is 6.00. The van der Waals surface area contributed by atoms with E-state index in [9.17, 15) is 9.59 Å². The highest BCUT2D eigenvalue weighted by molar-refractivity contribution is 9.10. The maximum atomic E-state index is 12.7. The van der Waals surface area contributed by atoms with Gasteiger partial charge in [0.05, 0.1) is 16.4 Å². The molecular weight excluding hydrogens is 404 g/mol. The number of rotatable bonds is 2. The molecule has 1 aliphatic rings. The van der Waals surface area contributed by atoms with Crippen LogP contribution in [0.4, 0.5) is 4.79 Å². The van der Waals surface area contributed by atoms with Gasteiger partial charge in [0.1, 0.15) is 6.10 Å². The molecule has 23 heavy (non-hydrogen) atoms. The van der Waals surface area contributed by atoms with Gasteiger partial charge in [-0.3, -0.25) is 4.79 Å². The minimum Gasteiger partial charge on any atom is -0.445 e. The fourth-order valence-electron chi connectivity index (χ4n) is 2.68. The molecule has 0 aliphatic carbocycles. The van der Waals surface area contributed by atoms with Gasteiger partial charge in [0, 0.05) is 15.7 Å². The molecular formula is C15H14BrClN2O3S. The average Bonchev–Trinajstić information content (AvgIpc) is 2.89. The Morgan fingerprint density at radius 2 is 2.17 bits per heavy atom. The Labute approximate surface area is 150 Å². The SMILES string of the molecule is NC(=O)O[C@@H]1CCCN(C(=O)c2cc3cc(Cl)c(Br)cc3s2)C1. The second kappa shape index (κ2) is 6.67. The number of nitrogens with zero attached hydrogens (tertiary/aromatic N) is 1. The lowest BCUT2D eigenvalue weighted by molar-refractivity contribution is 0.0376. The van der Waals surface area contributed by atoms with E-state index in [2.05, 4.69) is 15.9 Å². The van der Waals surface area contributed by atoms with Crippen molar-refractivity contribution in [3.05, 3.63) is 32.6 Å². The summed E-state index contributed by atoms with van der Waals surface area (Å²) in [7, 11) is 0. The molecule has 2 heterocycles. The van der Waals surface area contributed by atoms with Gasteiger partial charge in [-0.1, -0.05) is 11.6 Å². The number of amides is 2. The summed E-state index contributed by atoms with van der Waals surface area (Å²) in [4.78, 5) is 25.9. The van der Waals surface area contributed by atoms with Crippen molar-refractivity contribution >= 4 is 61.0 Å². The number of hydrogen-bond acceptors (Lipinski definition) is 4. The van der Waals surface area contributed by atoms with E-state index in [0.717, 1.165) is 27.4 Å². The Kier molecular flexibility index (Phi) is 4.79. The number of thiophene rings is 1. The van der Waals surface area contributed by atoms with Crippen molar-refractivity contribution in [3.63, 3.8) is 0 Å². The predicted molar refractivity (Wildman–Crippen MR) is 94.1 cm³/mol. The Balaban J connectivity index is 1.81. The first-order chi connectivity index (χ1) is 10.9. The van der Waals surface area contributed by atoms with Crippen LogP contribution >= 0.6 is 38.9 Å². The predicted octanol–water partition coefficient (Wildman–Crippen LogP) is 4.02. The van der Waals surface area contributed by atoms with Crippen LogP contribution in [-0.4, -0.2) is 36.1 Å². The van der Waals surface area contributed by atoms with E-state index in [1.54, 1.807) is 4.90 Å². The molecule has 1 atom stereocenters.